The molecule has 0 saturated carbocycles. The molecule has 2 rings (SSSR count). The van der Waals surface area contributed by atoms with Crippen molar-refractivity contribution in [2.24, 2.45) is 0 Å². The Labute approximate surface area is 153 Å². The van der Waals surface area contributed by atoms with E-state index in [0.29, 0.717) is 28.7 Å². The smallest absolute Gasteiger partial charge is 0.262 e. The van der Waals surface area contributed by atoms with E-state index in [1.807, 2.05) is 31.2 Å². The van der Waals surface area contributed by atoms with E-state index >= 15 is 0 Å². The normalized spacial score (nSPS) is 10.5. The number of carbonyl (C=O) groups excluding carboxylic acids is 1. The molecule has 1 amide bonds. The average Bonchev–Trinajstić information content (AvgIpc) is 2.66. The minimum atomic E-state index is -0.306. The number of rotatable bonds is 8. The molecule has 0 saturated heterocycles. The van der Waals surface area contributed by atoms with Crippen molar-refractivity contribution in [1.29, 1.82) is 0 Å². The summed E-state index contributed by atoms with van der Waals surface area (Å²) in [5.41, 5.74) is 1.55. The molecular formula is C20H23NO5. The largest absolute Gasteiger partial charge is 0.497 e. The van der Waals surface area contributed by atoms with Crippen molar-refractivity contribution >= 4 is 17.7 Å². The van der Waals surface area contributed by atoms with Crippen LogP contribution >= 0.6 is 0 Å². The lowest BCUT2D eigenvalue weighted by Crippen LogP contribution is -2.20. The molecule has 1 N–H and O–H groups in total. The summed E-state index contributed by atoms with van der Waals surface area (Å²) in [6, 6.07) is 10.6. The number of hydrogen-bond donors (Lipinski definition) is 1. The van der Waals surface area contributed by atoms with Crippen LogP contribution in [0, 0.1) is 0 Å². The van der Waals surface area contributed by atoms with Crippen LogP contribution in [0.1, 0.15) is 12.5 Å². The standard InChI is InChI=1S/C20H23NO5/c1-5-6-14-7-8-18(19(9-14)25-4)26-13-20(22)21-15-10-16(23-2)12-17(11-15)24-3/h5-12H,13H2,1-4H3,(H,21,22)/b6-5+. The molecule has 6 heteroatoms. The first-order chi connectivity index (χ1) is 12.6. The van der Waals surface area contributed by atoms with Crippen LogP contribution < -0.4 is 24.3 Å². The van der Waals surface area contributed by atoms with Crippen LogP contribution in [0.15, 0.2) is 42.5 Å². The van der Waals surface area contributed by atoms with Crippen molar-refractivity contribution in [3.63, 3.8) is 0 Å². The SMILES string of the molecule is C/C=C/c1ccc(OCC(=O)Nc2cc(OC)cc(OC)c2)c(OC)c1. The van der Waals surface area contributed by atoms with Gasteiger partial charge in [0, 0.05) is 23.9 Å². The molecule has 0 unspecified atom stereocenters. The van der Waals surface area contributed by atoms with Crippen molar-refractivity contribution in [3.8, 4) is 23.0 Å². The molecular weight excluding hydrogens is 334 g/mol. The van der Waals surface area contributed by atoms with Crippen LogP contribution in [0.25, 0.3) is 6.08 Å². The van der Waals surface area contributed by atoms with Gasteiger partial charge >= 0.3 is 0 Å². The van der Waals surface area contributed by atoms with Gasteiger partial charge in [0.2, 0.25) is 0 Å². The van der Waals surface area contributed by atoms with Crippen LogP contribution in [0.2, 0.25) is 0 Å². The quantitative estimate of drug-likeness (QED) is 0.779. The van der Waals surface area contributed by atoms with Gasteiger partial charge in [0.25, 0.3) is 5.91 Å². The maximum atomic E-state index is 12.2. The zero-order valence-corrected chi connectivity index (χ0v) is 15.4. The summed E-state index contributed by atoms with van der Waals surface area (Å²) >= 11 is 0. The highest BCUT2D eigenvalue weighted by Gasteiger charge is 2.10. The zero-order chi connectivity index (χ0) is 18.9. The first kappa shape index (κ1) is 19.2. The van der Waals surface area contributed by atoms with Crippen LogP contribution in [-0.2, 0) is 4.79 Å². The Morgan fingerprint density at radius 1 is 0.962 bits per heavy atom. The van der Waals surface area contributed by atoms with E-state index in [0.717, 1.165) is 5.56 Å². The number of hydrogen-bond acceptors (Lipinski definition) is 5. The van der Waals surface area contributed by atoms with Gasteiger partial charge in [0.05, 0.1) is 21.3 Å². The van der Waals surface area contributed by atoms with Crippen LogP contribution in [0.4, 0.5) is 5.69 Å². The Morgan fingerprint density at radius 3 is 2.23 bits per heavy atom. The molecule has 0 aromatic heterocycles. The minimum absolute atomic E-state index is 0.154. The van der Waals surface area contributed by atoms with E-state index in [1.54, 1.807) is 45.6 Å². The highest BCUT2D eigenvalue weighted by atomic mass is 16.5. The third kappa shape index (κ3) is 5.17. The second kappa shape index (κ2) is 9.36. The van der Waals surface area contributed by atoms with E-state index < -0.39 is 0 Å². The molecule has 0 aliphatic carbocycles. The number of amides is 1. The van der Waals surface area contributed by atoms with Gasteiger partial charge in [-0.25, -0.2) is 0 Å². The van der Waals surface area contributed by atoms with Crippen LogP contribution in [0.3, 0.4) is 0 Å². The summed E-state index contributed by atoms with van der Waals surface area (Å²) in [6.07, 6.45) is 3.89. The van der Waals surface area contributed by atoms with E-state index in [2.05, 4.69) is 5.32 Å². The first-order valence-electron chi connectivity index (χ1n) is 8.06. The summed E-state index contributed by atoms with van der Waals surface area (Å²) in [7, 11) is 4.66. The fourth-order valence-corrected chi connectivity index (χ4v) is 2.32. The third-order valence-electron chi connectivity index (χ3n) is 3.54. The number of methoxy groups -OCH3 is 3. The predicted molar refractivity (Wildman–Crippen MR) is 101 cm³/mol. The van der Waals surface area contributed by atoms with Crippen LogP contribution in [-0.4, -0.2) is 33.8 Å². The van der Waals surface area contributed by atoms with Crippen molar-refractivity contribution in [2.75, 3.05) is 33.3 Å². The van der Waals surface area contributed by atoms with E-state index in [9.17, 15) is 4.79 Å². The fourth-order valence-electron chi connectivity index (χ4n) is 2.32. The molecule has 0 bridgehead atoms. The average molecular weight is 357 g/mol. The number of nitrogens with one attached hydrogen (secondary N) is 1. The lowest BCUT2D eigenvalue weighted by Gasteiger charge is -2.12. The van der Waals surface area contributed by atoms with E-state index in [-0.39, 0.29) is 12.5 Å². The minimum Gasteiger partial charge on any atom is -0.497 e. The summed E-state index contributed by atoms with van der Waals surface area (Å²) in [4.78, 5) is 12.2. The Morgan fingerprint density at radius 2 is 1.65 bits per heavy atom. The van der Waals surface area contributed by atoms with E-state index in [4.69, 9.17) is 18.9 Å². The van der Waals surface area contributed by atoms with Crippen molar-refractivity contribution < 1.29 is 23.7 Å². The van der Waals surface area contributed by atoms with Gasteiger partial charge in [-0.3, -0.25) is 4.79 Å². The number of anilines is 1. The van der Waals surface area contributed by atoms with Gasteiger partial charge in [-0.05, 0) is 24.6 Å². The van der Waals surface area contributed by atoms with Gasteiger partial charge in [0.1, 0.15) is 11.5 Å². The first-order valence-corrected chi connectivity index (χ1v) is 8.06. The second-order valence-electron chi connectivity index (χ2n) is 5.35. The van der Waals surface area contributed by atoms with Crippen LogP contribution in [0.5, 0.6) is 23.0 Å². The highest BCUT2D eigenvalue weighted by molar-refractivity contribution is 5.92. The Bertz CT molecular complexity index is 764. The summed E-state index contributed by atoms with van der Waals surface area (Å²) in [5, 5.41) is 2.75. The molecule has 0 spiro atoms. The number of ether oxygens (including phenoxy) is 4. The van der Waals surface area contributed by atoms with E-state index in [1.165, 1.54) is 0 Å². The molecule has 2 aromatic carbocycles. The monoisotopic (exact) mass is 357 g/mol. The molecule has 2 aromatic rings. The van der Waals surface area contributed by atoms with Gasteiger partial charge in [-0.1, -0.05) is 18.2 Å². The van der Waals surface area contributed by atoms with Crippen molar-refractivity contribution in [2.45, 2.75) is 6.92 Å². The lowest BCUT2D eigenvalue weighted by molar-refractivity contribution is -0.118. The van der Waals surface area contributed by atoms with Crippen molar-refractivity contribution in [1.82, 2.24) is 0 Å². The maximum Gasteiger partial charge on any atom is 0.262 e. The van der Waals surface area contributed by atoms with Gasteiger partial charge in [-0.15, -0.1) is 0 Å². The Kier molecular flexibility index (Phi) is 6.91. The molecule has 26 heavy (non-hydrogen) atoms. The molecule has 0 atom stereocenters. The molecule has 6 nitrogen and oxygen atoms in total. The van der Waals surface area contributed by atoms with Gasteiger partial charge in [-0.2, -0.15) is 0 Å². The molecule has 0 aliphatic rings. The predicted octanol–water partition coefficient (Wildman–Crippen LogP) is 3.76. The number of carbonyl (C=O) groups is 1. The molecule has 0 aliphatic heterocycles. The lowest BCUT2D eigenvalue weighted by atomic mass is 10.2. The second-order valence-corrected chi connectivity index (χ2v) is 5.35. The molecule has 0 radical (unpaired) electrons. The Balaban J connectivity index is 2.03. The topological polar surface area (TPSA) is 66.0 Å². The highest BCUT2D eigenvalue weighted by Crippen LogP contribution is 2.29. The van der Waals surface area contributed by atoms with Gasteiger partial charge < -0.3 is 24.3 Å². The maximum absolute atomic E-state index is 12.2. The molecule has 0 heterocycles. The summed E-state index contributed by atoms with van der Waals surface area (Å²) < 4.78 is 21.3. The number of benzene rings is 2. The number of allylic oxidation sites excluding steroid dienone is 1. The fraction of sp³-hybridized carbons (Fsp3) is 0.250. The van der Waals surface area contributed by atoms with Crippen molar-refractivity contribution in [3.05, 3.63) is 48.0 Å². The Hall–Kier alpha value is -3.15. The zero-order valence-electron chi connectivity index (χ0n) is 15.4. The third-order valence-corrected chi connectivity index (χ3v) is 3.54. The molecule has 138 valence electrons. The molecule has 0 fully saturated rings. The van der Waals surface area contributed by atoms with Gasteiger partial charge in [0.15, 0.2) is 18.1 Å². The summed E-state index contributed by atoms with van der Waals surface area (Å²) in [5.74, 6) is 1.93. The summed E-state index contributed by atoms with van der Waals surface area (Å²) in [6.45, 7) is 1.79.